The van der Waals surface area contributed by atoms with Gasteiger partial charge in [0, 0.05) is 24.0 Å². The highest BCUT2D eigenvalue weighted by molar-refractivity contribution is 5.70. The Morgan fingerprint density at radius 3 is 2.28 bits per heavy atom. The maximum absolute atomic E-state index is 6.23. The quantitative estimate of drug-likeness (QED) is 0.586. The van der Waals surface area contributed by atoms with E-state index in [1.807, 2.05) is 12.1 Å². The van der Waals surface area contributed by atoms with Crippen LogP contribution in [0.2, 0.25) is 0 Å². The predicted molar refractivity (Wildman–Crippen MR) is 120 cm³/mol. The maximum atomic E-state index is 6.23. The lowest BCUT2D eigenvalue weighted by Crippen LogP contribution is -2.33. The Morgan fingerprint density at radius 1 is 1.00 bits per heavy atom. The molecule has 29 heavy (non-hydrogen) atoms. The van der Waals surface area contributed by atoms with E-state index in [2.05, 4.69) is 74.6 Å². The summed E-state index contributed by atoms with van der Waals surface area (Å²) < 4.78 is 2.18. The first-order chi connectivity index (χ1) is 13.6. The number of nitrogen functional groups attached to an aromatic ring is 1. The van der Waals surface area contributed by atoms with E-state index in [0.29, 0.717) is 22.6 Å². The van der Waals surface area contributed by atoms with Crippen LogP contribution in [-0.4, -0.2) is 14.5 Å². The SMILES string of the molecule is Cc1ccc(-n2cc(C3CC(C)(C)CC(C)(C)C3)nc2-c2cccnc2N)cc1. The minimum atomic E-state index is 0.313. The Morgan fingerprint density at radius 2 is 1.66 bits per heavy atom. The van der Waals surface area contributed by atoms with E-state index in [0.717, 1.165) is 35.6 Å². The van der Waals surface area contributed by atoms with Crippen LogP contribution in [0.4, 0.5) is 5.82 Å². The molecule has 0 bridgehead atoms. The summed E-state index contributed by atoms with van der Waals surface area (Å²) in [4.78, 5) is 9.43. The lowest BCUT2D eigenvalue weighted by atomic mass is 9.61. The van der Waals surface area contributed by atoms with Crippen LogP contribution in [0, 0.1) is 17.8 Å². The molecular formula is C25H32N4. The highest BCUT2D eigenvalue weighted by Gasteiger charge is 2.40. The summed E-state index contributed by atoms with van der Waals surface area (Å²) in [6.07, 6.45) is 7.50. The second kappa shape index (κ2) is 7.01. The zero-order chi connectivity index (χ0) is 20.8. The van der Waals surface area contributed by atoms with Gasteiger partial charge in [-0.3, -0.25) is 4.57 Å². The number of hydrogen-bond acceptors (Lipinski definition) is 3. The molecule has 4 heteroatoms. The minimum absolute atomic E-state index is 0.313. The number of nitrogens with zero attached hydrogens (tertiary/aromatic N) is 3. The van der Waals surface area contributed by atoms with Gasteiger partial charge >= 0.3 is 0 Å². The van der Waals surface area contributed by atoms with Gasteiger partial charge in [-0.2, -0.15) is 0 Å². The molecule has 3 aromatic rings. The summed E-state index contributed by atoms with van der Waals surface area (Å²) in [5, 5.41) is 0. The van der Waals surface area contributed by atoms with Crippen LogP contribution >= 0.6 is 0 Å². The molecule has 2 aromatic heterocycles. The topological polar surface area (TPSA) is 56.7 Å². The van der Waals surface area contributed by atoms with E-state index < -0.39 is 0 Å². The van der Waals surface area contributed by atoms with Crippen molar-refractivity contribution in [1.82, 2.24) is 14.5 Å². The number of aromatic nitrogens is 3. The van der Waals surface area contributed by atoms with Crippen LogP contribution in [0.5, 0.6) is 0 Å². The van der Waals surface area contributed by atoms with Crippen LogP contribution in [0.1, 0.15) is 64.1 Å². The molecule has 4 nitrogen and oxygen atoms in total. The lowest BCUT2D eigenvalue weighted by Gasteiger charge is -2.44. The average molecular weight is 389 g/mol. The zero-order valence-electron chi connectivity index (χ0n) is 18.2. The summed E-state index contributed by atoms with van der Waals surface area (Å²) in [6.45, 7) is 11.7. The van der Waals surface area contributed by atoms with Gasteiger partial charge in [0.05, 0.1) is 11.3 Å². The van der Waals surface area contributed by atoms with Crippen molar-refractivity contribution in [3.8, 4) is 17.1 Å². The second-order valence-electron chi connectivity index (χ2n) is 10.2. The predicted octanol–water partition coefficient (Wildman–Crippen LogP) is 6.14. The lowest BCUT2D eigenvalue weighted by molar-refractivity contribution is 0.0957. The molecule has 0 radical (unpaired) electrons. The maximum Gasteiger partial charge on any atom is 0.148 e. The Hall–Kier alpha value is -2.62. The van der Waals surface area contributed by atoms with E-state index in [-0.39, 0.29) is 0 Å². The van der Waals surface area contributed by atoms with Gasteiger partial charge in [0.15, 0.2) is 0 Å². The van der Waals surface area contributed by atoms with Gasteiger partial charge in [-0.05, 0) is 61.3 Å². The molecule has 1 aromatic carbocycles. The first-order valence-corrected chi connectivity index (χ1v) is 10.5. The van der Waals surface area contributed by atoms with Crippen LogP contribution in [0.15, 0.2) is 48.8 Å². The zero-order valence-corrected chi connectivity index (χ0v) is 18.2. The van der Waals surface area contributed by atoms with Gasteiger partial charge < -0.3 is 5.73 Å². The van der Waals surface area contributed by atoms with E-state index in [4.69, 9.17) is 10.7 Å². The van der Waals surface area contributed by atoms with E-state index in [1.54, 1.807) is 6.20 Å². The van der Waals surface area contributed by atoms with E-state index in [9.17, 15) is 0 Å². The average Bonchev–Trinajstić information content (AvgIpc) is 3.05. The molecule has 152 valence electrons. The van der Waals surface area contributed by atoms with E-state index in [1.165, 1.54) is 12.0 Å². The monoisotopic (exact) mass is 388 g/mol. The largest absolute Gasteiger partial charge is 0.383 e. The third-order valence-electron chi connectivity index (χ3n) is 6.09. The van der Waals surface area contributed by atoms with Crippen molar-refractivity contribution in [2.75, 3.05) is 5.73 Å². The van der Waals surface area contributed by atoms with Gasteiger partial charge in [-0.25, -0.2) is 9.97 Å². The Bertz CT molecular complexity index is 996. The third kappa shape index (κ3) is 4.07. The molecule has 0 unspecified atom stereocenters. The smallest absolute Gasteiger partial charge is 0.148 e. The van der Waals surface area contributed by atoms with Gasteiger partial charge in [0.25, 0.3) is 0 Å². The fraction of sp³-hybridized carbons (Fsp3) is 0.440. The molecule has 0 amide bonds. The molecule has 1 aliphatic rings. The van der Waals surface area contributed by atoms with Crippen LogP contribution in [-0.2, 0) is 0 Å². The molecular weight excluding hydrogens is 356 g/mol. The molecule has 0 saturated heterocycles. The number of pyridine rings is 1. The highest BCUT2D eigenvalue weighted by atomic mass is 15.1. The van der Waals surface area contributed by atoms with Crippen molar-refractivity contribution in [3.63, 3.8) is 0 Å². The molecule has 2 N–H and O–H groups in total. The number of benzene rings is 1. The molecule has 0 atom stereocenters. The number of hydrogen-bond donors (Lipinski definition) is 1. The standard InChI is InChI=1S/C25H32N4/c1-17-8-10-19(11-9-17)29-15-21(18-13-24(2,3)16-25(4,5)14-18)28-23(29)20-7-6-12-27-22(20)26/h6-12,15,18H,13-14,16H2,1-5H3,(H2,26,27). The molecule has 1 aliphatic carbocycles. The Balaban J connectivity index is 1.84. The fourth-order valence-corrected chi connectivity index (χ4v) is 5.35. The number of imidazole rings is 1. The number of nitrogens with two attached hydrogens (primary N) is 1. The van der Waals surface area contributed by atoms with Crippen LogP contribution in [0.25, 0.3) is 17.1 Å². The van der Waals surface area contributed by atoms with Gasteiger partial charge in [-0.1, -0.05) is 45.4 Å². The molecule has 2 heterocycles. The first-order valence-electron chi connectivity index (χ1n) is 10.5. The van der Waals surface area contributed by atoms with Gasteiger partial charge in [0.1, 0.15) is 11.6 Å². The van der Waals surface area contributed by atoms with Crippen molar-refractivity contribution in [2.24, 2.45) is 10.8 Å². The van der Waals surface area contributed by atoms with Crippen molar-refractivity contribution < 1.29 is 0 Å². The molecule has 1 fully saturated rings. The third-order valence-corrected chi connectivity index (χ3v) is 6.09. The molecule has 0 spiro atoms. The Kier molecular flexibility index (Phi) is 4.76. The van der Waals surface area contributed by atoms with Gasteiger partial charge in [0.2, 0.25) is 0 Å². The summed E-state index contributed by atoms with van der Waals surface area (Å²) in [5.74, 6) is 1.83. The minimum Gasteiger partial charge on any atom is -0.383 e. The molecule has 1 saturated carbocycles. The van der Waals surface area contributed by atoms with Crippen molar-refractivity contribution in [2.45, 2.75) is 59.8 Å². The van der Waals surface area contributed by atoms with Crippen molar-refractivity contribution in [1.29, 1.82) is 0 Å². The summed E-state index contributed by atoms with van der Waals surface area (Å²) in [7, 11) is 0. The number of aryl methyl sites for hydroxylation is 1. The summed E-state index contributed by atoms with van der Waals surface area (Å²) >= 11 is 0. The fourth-order valence-electron chi connectivity index (χ4n) is 5.35. The van der Waals surface area contributed by atoms with E-state index >= 15 is 0 Å². The number of rotatable bonds is 3. The van der Waals surface area contributed by atoms with Crippen LogP contribution < -0.4 is 5.73 Å². The summed E-state index contributed by atoms with van der Waals surface area (Å²) in [5.41, 5.74) is 11.2. The van der Waals surface area contributed by atoms with Crippen LogP contribution in [0.3, 0.4) is 0 Å². The second-order valence-corrected chi connectivity index (χ2v) is 10.2. The van der Waals surface area contributed by atoms with Gasteiger partial charge in [-0.15, -0.1) is 0 Å². The van der Waals surface area contributed by atoms with Crippen molar-refractivity contribution in [3.05, 3.63) is 60.0 Å². The summed E-state index contributed by atoms with van der Waals surface area (Å²) in [6, 6.07) is 12.5. The Labute approximate surface area is 174 Å². The first kappa shape index (κ1) is 19.7. The number of anilines is 1. The van der Waals surface area contributed by atoms with Crippen molar-refractivity contribution >= 4 is 5.82 Å². The molecule has 0 aliphatic heterocycles. The molecule has 4 rings (SSSR count). The normalized spacial score (nSPS) is 18.7. The highest BCUT2D eigenvalue weighted by Crippen LogP contribution is 2.51.